The Labute approximate surface area is 109 Å². The molecule has 104 valence electrons. The third kappa shape index (κ3) is 4.27. The molecule has 6 heteroatoms. The van der Waals surface area contributed by atoms with Gasteiger partial charge in [0, 0.05) is 20.2 Å². The van der Waals surface area contributed by atoms with Crippen molar-refractivity contribution in [2.24, 2.45) is 5.92 Å². The lowest BCUT2D eigenvalue weighted by Crippen LogP contribution is -2.31. The van der Waals surface area contributed by atoms with Crippen molar-refractivity contribution in [1.29, 1.82) is 0 Å². The third-order valence-electron chi connectivity index (χ3n) is 2.65. The van der Waals surface area contributed by atoms with Gasteiger partial charge in [-0.3, -0.25) is 0 Å². The first-order chi connectivity index (χ1) is 8.58. The highest BCUT2D eigenvalue weighted by molar-refractivity contribution is 5.24. The fourth-order valence-electron chi connectivity index (χ4n) is 1.56. The van der Waals surface area contributed by atoms with Gasteiger partial charge in [0.05, 0.1) is 12.6 Å². The van der Waals surface area contributed by atoms with Gasteiger partial charge in [0.1, 0.15) is 0 Å². The van der Waals surface area contributed by atoms with Gasteiger partial charge in [-0.05, 0) is 19.9 Å². The first-order valence-corrected chi connectivity index (χ1v) is 6.33. The van der Waals surface area contributed by atoms with Gasteiger partial charge in [-0.1, -0.05) is 18.9 Å². The summed E-state index contributed by atoms with van der Waals surface area (Å²) in [6.45, 7) is 8.58. The maximum atomic E-state index is 5.68. The minimum absolute atomic E-state index is 0.0644. The molecule has 0 bridgehead atoms. The van der Waals surface area contributed by atoms with Crippen LogP contribution >= 0.6 is 0 Å². The summed E-state index contributed by atoms with van der Waals surface area (Å²) in [5, 5.41) is 11.2. The maximum Gasteiger partial charge on any atom is 0.318 e. The van der Waals surface area contributed by atoms with Gasteiger partial charge in [0.25, 0.3) is 0 Å². The number of ether oxygens (including phenoxy) is 1. The maximum absolute atomic E-state index is 5.68. The number of methoxy groups -OCH3 is 1. The van der Waals surface area contributed by atoms with E-state index in [-0.39, 0.29) is 6.04 Å². The predicted molar refractivity (Wildman–Crippen MR) is 70.7 cm³/mol. The molecule has 0 aliphatic carbocycles. The van der Waals surface area contributed by atoms with Crippen LogP contribution in [0.15, 0.2) is 4.42 Å². The normalized spacial score (nSPS) is 13.0. The molecule has 0 aromatic carbocycles. The molecule has 1 rings (SSSR count). The Balaban J connectivity index is 2.74. The van der Waals surface area contributed by atoms with E-state index in [0.29, 0.717) is 24.4 Å². The van der Waals surface area contributed by atoms with Crippen molar-refractivity contribution in [1.82, 2.24) is 15.5 Å². The molecule has 1 unspecified atom stereocenters. The van der Waals surface area contributed by atoms with E-state index in [1.54, 1.807) is 7.11 Å². The van der Waals surface area contributed by atoms with Gasteiger partial charge in [0.15, 0.2) is 0 Å². The molecular weight excluding hydrogens is 232 g/mol. The number of rotatable bonds is 8. The zero-order chi connectivity index (χ0) is 13.5. The van der Waals surface area contributed by atoms with Crippen LogP contribution in [-0.4, -0.2) is 44.1 Å². The Morgan fingerprint density at radius 3 is 2.61 bits per heavy atom. The molecule has 0 spiro atoms. The van der Waals surface area contributed by atoms with Crippen molar-refractivity contribution in [3.63, 3.8) is 0 Å². The van der Waals surface area contributed by atoms with Gasteiger partial charge in [-0.2, -0.15) is 0 Å². The van der Waals surface area contributed by atoms with Crippen LogP contribution in [0, 0.1) is 5.92 Å². The fraction of sp³-hybridized carbons (Fsp3) is 0.833. The monoisotopic (exact) mass is 256 g/mol. The van der Waals surface area contributed by atoms with Crippen LogP contribution in [0.5, 0.6) is 0 Å². The summed E-state index contributed by atoms with van der Waals surface area (Å²) in [5.74, 6) is 1.14. The smallest absolute Gasteiger partial charge is 0.318 e. The molecule has 1 aromatic heterocycles. The quantitative estimate of drug-likeness (QED) is 0.759. The van der Waals surface area contributed by atoms with E-state index >= 15 is 0 Å². The summed E-state index contributed by atoms with van der Waals surface area (Å²) in [7, 11) is 3.56. The van der Waals surface area contributed by atoms with E-state index in [1.165, 1.54) is 0 Å². The SMILES string of the molecule is CNC(C)c1nnc(N(CCOC)CC(C)C)o1. The fourth-order valence-corrected chi connectivity index (χ4v) is 1.56. The van der Waals surface area contributed by atoms with Crippen LogP contribution in [0.25, 0.3) is 0 Å². The van der Waals surface area contributed by atoms with E-state index in [4.69, 9.17) is 9.15 Å². The van der Waals surface area contributed by atoms with Crippen molar-refractivity contribution in [3.8, 4) is 0 Å². The Morgan fingerprint density at radius 2 is 2.06 bits per heavy atom. The summed E-state index contributed by atoms with van der Waals surface area (Å²) in [5.41, 5.74) is 0. The second-order valence-electron chi connectivity index (χ2n) is 4.77. The molecule has 1 atom stereocenters. The topological polar surface area (TPSA) is 63.4 Å². The lowest BCUT2D eigenvalue weighted by Gasteiger charge is -2.21. The summed E-state index contributed by atoms with van der Waals surface area (Å²) < 4.78 is 10.8. The second kappa shape index (κ2) is 7.33. The minimum Gasteiger partial charge on any atom is -0.406 e. The van der Waals surface area contributed by atoms with Crippen LogP contribution in [0.4, 0.5) is 6.01 Å². The number of aromatic nitrogens is 2. The average Bonchev–Trinajstić information content (AvgIpc) is 2.82. The molecule has 0 saturated heterocycles. The molecule has 0 aliphatic rings. The molecule has 0 aliphatic heterocycles. The second-order valence-corrected chi connectivity index (χ2v) is 4.77. The number of hydrogen-bond donors (Lipinski definition) is 1. The largest absolute Gasteiger partial charge is 0.406 e. The summed E-state index contributed by atoms with van der Waals surface area (Å²) in [6.07, 6.45) is 0. The third-order valence-corrected chi connectivity index (χ3v) is 2.65. The molecule has 0 saturated carbocycles. The van der Waals surface area contributed by atoms with Gasteiger partial charge < -0.3 is 19.4 Å². The van der Waals surface area contributed by atoms with Crippen molar-refractivity contribution >= 4 is 6.01 Å². The summed E-state index contributed by atoms with van der Waals surface area (Å²) >= 11 is 0. The predicted octanol–water partition coefficient (Wildman–Crippen LogP) is 1.46. The molecular formula is C12H24N4O2. The van der Waals surface area contributed by atoms with Crippen LogP contribution < -0.4 is 10.2 Å². The van der Waals surface area contributed by atoms with Crippen LogP contribution in [0.2, 0.25) is 0 Å². The number of nitrogens with one attached hydrogen (secondary N) is 1. The Kier molecular flexibility index (Phi) is 6.07. The van der Waals surface area contributed by atoms with Crippen LogP contribution in [0.1, 0.15) is 32.7 Å². The Bertz CT molecular complexity index is 341. The van der Waals surface area contributed by atoms with E-state index in [0.717, 1.165) is 13.1 Å². The molecule has 0 amide bonds. The van der Waals surface area contributed by atoms with E-state index in [1.807, 2.05) is 14.0 Å². The number of anilines is 1. The van der Waals surface area contributed by atoms with Crippen LogP contribution in [-0.2, 0) is 4.74 Å². The lowest BCUT2D eigenvalue weighted by molar-refractivity contribution is 0.203. The highest BCUT2D eigenvalue weighted by atomic mass is 16.5. The van der Waals surface area contributed by atoms with E-state index in [9.17, 15) is 0 Å². The molecule has 6 nitrogen and oxygen atoms in total. The molecule has 1 heterocycles. The molecule has 0 radical (unpaired) electrons. The summed E-state index contributed by atoms with van der Waals surface area (Å²) in [6, 6.07) is 0.632. The highest BCUT2D eigenvalue weighted by Gasteiger charge is 2.17. The molecule has 1 N–H and O–H groups in total. The standard InChI is InChI=1S/C12H24N4O2/c1-9(2)8-16(6-7-17-5)12-15-14-11(18-12)10(3)13-4/h9-10,13H,6-8H2,1-5H3. The van der Waals surface area contributed by atoms with Crippen molar-refractivity contribution < 1.29 is 9.15 Å². The lowest BCUT2D eigenvalue weighted by atomic mass is 10.2. The van der Waals surface area contributed by atoms with E-state index in [2.05, 4.69) is 34.3 Å². The zero-order valence-corrected chi connectivity index (χ0v) is 11.9. The highest BCUT2D eigenvalue weighted by Crippen LogP contribution is 2.17. The van der Waals surface area contributed by atoms with Crippen molar-refractivity contribution in [2.45, 2.75) is 26.8 Å². The van der Waals surface area contributed by atoms with Crippen molar-refractivity contribution in [3.05, 3.63) is 5.89 Å². The number of nitrogens with zero attached hydrogens (tertiary/aromatic N) is 3. The summed E-state index contributed by atoms with van der Waals surface area (Å²) in [4.78, 5) is 2.06. The molecule has 1 aromatic rings. The van der Waals surface area contributed by atoms with Gasteiger partial charge >= 0.3 is 6.01 Å². The average molecular weight is 256 g/mol. The Hall–Kier alpha value is -1.14. The van der Waals surface area contributed by atoms with Gasteiger partial charge in [-0.25, -0.2) is 0 Å². The zero-order valence-electron chi connectivity index (χ0n) is 11.9. The molecule has 0 fully saturated rings. The van der Waals surface area contributed by atoms with Gasteiger partial charge in [0.2, 0.25) is 5.89 Å². The van der Waals surface area contributed by atoms with Gasteiger partial charge in [-0.15, -0.1) is 5.10 Å². The minimum atomic E-state index is 0.0644. The first kappa shape index (κ1) is 14.9. The van der Waals surface area contributed by atoms with Crippen molar-refractivity contribution in [2.75, 3.05) is 38.8 Å². The van der Waals surface area contributed by atoms with E-state index < -0.39 is 0 Å². The Morgan fingerprint density at radius 1 is 1.33 bits per heavy atom. The first-order valence-electron chi connectivity index (χ1n) is 6.33. The van der Waals surface area contributed by atoms with Crippen LogP contribution in [0.3, 0.4) is 0 Å². The molecule has 18 heavy (non-hydrogen) atoms. The number of hydrogen-bond acceptors (Lipinski definition) is 6.